The van der Waals surface area contributed by atoms with Gasteiger partial charge in [0, 0.05) is 59.1 Å². The molecular weight excluding hydrogens is 360 g/mol. The second kappa shape index (κ2) is 6.89. The Labute approximate surface area is 164 Å². The van der Waals surface area contributed by atoms with Gasteiger partial charge in [0.2, 0.25) is 0 Å². The smallest absolute Gasteiger partial charge is 0.125 e. The van der Waals surface area contributed by atoms with E-state index in [-0.39, 0.29) is 0 Å². The summed E-state index contributed by atoms with van der Waals surface area (Å²) in [6.45, 7) is 6.17. The average Bonchev–Trinajstić information content (AvgIpc) is 2.76. The first kappa shape index (κ1) is 18.4. The Morgan fingerprint density at radius 1 is 1.19 bits per heavy atom. The van der Waals surface area contributed by atoms with Gasteiger partial charge in [-0.1, -0.05) is 11.6 Å². The predicted octanol–water partition coefficient (Wildman–Crippen LogP) is 3.33. The molecule has 5 nitrogen and oxygen atoms in total. The highest BCUT2D eigenvalue weighted by Crippen LogP contribution is 2.34. The molecule has 1 N–H and O–H groups in total. The molecule has 1 atom stereocenters. The van der Waals surface area contributed by atoms with Gasteiger partial charge in [-0.2, -0.15) is 0 Å². The van der Waals surface area contributed by atoms with Crippen molar-refractivity contribution >= 4 is 22.5 Å². The van der Waals surface area contributed by atoms with E-state index < -0.39 is 5.60 Å². The minimum absolute atomic E-state index is 0.455. The lowest BCUT2D eigenvalue weighted by Crippen LogP contribution is -2.29. The van der Waals surface area contributed by atoms with Crippen molar-refractivity contribution in [3.8, 4) is 0 Å². The van der Waals surface area contributed by atoms with E-state index in [4.69, 9.17) is 11.6 Å². The Morgan fingerprint density at radius 2 is 1.89 bits per heavy atom. The Bertz CT molecular complexity index is 978. The molecule has 27 heavy (non-hydrogen) atoms. The second-order valence-electron chi connectivity index (χ2n) is 7.77. The maximum atomic E-state index is 11.2. The third kappa shape index (κ3) is 3.47. The summed E-state index contributed by atoms with van der Waals surface area (Å²) < 4.78 is 2.26. The summed E-state index contributed by atoms with van der Waals surface area (Å²) in [6.07, 6.45) is 5.39. The molecule has 2 aromatic heterocycles. The summed E-state index contributed by atoms with van der Waals surface area (Å²) in [7, 11) is 2.16. The molecule has 0 fully saturated rings. The Morgan fingerprint density at radius 3 is 2.63 bits per heavy atom. The maximum Gasteiger partial charge on any atom is 0.125 e. The fourth-order valence-electron chi connectivity index (χ4n) is 3.98. The van der Waals surface area contributed by atoms with Gasteiger partial charge in [-0.25, -0.2) is 9.97 Å². The second-order valence-corrected chi connectivity index (χ2v) is 8.21. The molecular formula is C21H25ClN4O. The Hall–Kier alpha value is -1.95. The lowest BCUT2D eigenvalue weighted by Gasteiger charge is -2.26. The lowest BCUT2D eigenvalue weighted by molar-refractivity contribution is 0.0380. The van der Waals surface area contributed by atoms with Gasteiger partial charge >= 0.3 is 0 Å². The highest BCUT2D eigenvalue weighted by molar-refractivity contribution is 6.31. The summed E-state index contributed by atoms with van der Waals surface area (Å²) in [4.78, 5) is 10.9. The zero-order valence-corrected chi connectivity index (χ0v) is 16.8. The van der Waals surface area contributed by atoms with Crippen molar-refractivity contribution < 1.29 is 5.11 Å². The number of aryl methyl sites for hydroxylation is 1. The highest BCUT2D eigenvalue weighted by Gasteiger charge is 2.29. The molecule has 3 aromatic rings. The minimum Gasteiger partial charge on any atom is -0.383 e. The molecule has 0 saturated heterocycles. The molecule has 3 heterocycles. The molecule has 0 radical (unpaired) electrons. The van der Waals surface area contributed by atoms with Gasteiger partial charge in [0.05, 0.1) is 6.54 Å². The summed E-state index contributed by atoms with van der Waals surface area (Å²) in [5.74, 6) is 0.701. The zero-order valence-electron chi connectivity index (χ0n) is 16.0. The maximum absolute atomic E-state index is 11.2. The molecule has 0 spiro atoms. The first-order valence-corrected chi connectivity index (χ1v) is 9.72. The van der Waals surface area contributed by atoms with E-state index in [1.807, 2.05) is 19.9 Å². The van der Waals surface area contributed by atoms with Crippen LogP contribution in [0.25, 0.3) is 10.9 Å². The molecule has 0 amide bonds. The number of benzene rings is 1. The molecule has 0 aliphatic carbocycles. The molecule has 0 saturated carbocycles. The summed E-state index contributed by atoms with van der Waals surface area (Å²) in [6, 6.07) is 6.05. The van der Waals surface area contributed by atoms with Gasteiger partial charge in [-0.3, -0.25) is 0 Å². The minimum atomic E-state index is -1.06. The average molecular weight is 385 g/mol. The summed E-state index contributed by atoms with van der Waals surface area (Å²) in [5, 5.41) is 13.2. The number of nitrogens with zero attached hydrogens (tertiary/aromatic N) is 4. The van der Waals surface area contributed by atoms with Crippen molar-refractivity contribution in [1.82, 2.24) is 19.4 Å². The van der Waals surface area contributed by atoms with Gasteiger partial charge in [0.25, 0.3) is 0 Å². The summed E-state index contributed by atoms with van der Waals surface area (Å²) in [5.41, 5.74) is 3.44. The summed E-state index contributed by atoms with van der Waals surface area (Å²) >= 11 is 6.30. The quantitative estimate of drug-likeness (QED) is 0.752. The zero-order chi connectivity index (χ0) is 19.2. The van der Waals surface area contributed by atoms with E-state index in [1.165, 1.54) is 16.6 Å². The lowest BCUT2D eigenvalue weighted by atomic mass is 9.98. The number of hydrogen-bond donors (Lipinski definition) is 1. The number of hydrogen-bond acceptors (Lipinski definition) is 4. The number of likely N-dealkylation sites (N-methyl/N-ethyl adjacent to an activating group) is 1. The molecule has 0 bridgehead atoms. The van der Waals surface area contributed by atoms with E-state index in [0.29, 0.717) is 12.4 Å². The van der Waals surface area contributed by atoms with Crippen molar-refractivity contribution in [1.29, 1.82) is 0 Å². The van der Waals surface area contributed by atoms with E-state index in [9.17, 15) is 5.11 Å². The van der Waals surface area contributed by atoms with Crippen molar-refractivity contribution in [3.05, 3.63) is 58.3 Å². The molecule has 4 rings (SSSR count). The first-order chi connectivity index (χ1) is 12.8. The number of halogens is 1. The van der Waals surface area contributed by atoms with Crippen molar-refractivity contribution in [2.24, 2.45) is 0 Å². The van der Waals surface area contributed by atoms with Crippen LogP contribution in [-0.2, 0) is 25.0 Å². The number of aliphatic hydroxyl groups is 1. The Balaban J connectivity index is 1.82. The van der Waals surface area contributed by atoms with Crippen LogP contribution in [0.5, 0.6) is 0 Å². The normalized spacial score (nSPS) is 17.5. The Kier molecular flexibility index (Phi) is 4.70. The highest BCUT2D eigenvalue weighted by atomic mass is 35.5. The van der Waals surface area contributed by atoms with Gasteiger partial charge in [-0.15, -0.1) is 0 Å². The molecule has 1 aliphatic heterocycles. The third-order valence-electron chi connectivity index (χ3n) is 5.59. The van der Waals surface area contributed by atoms with Crippen LogP contribution >= 0.6 is 11.6 Å². The largest absolute Gasteiger partial charge is 0.383 e. The first-order valence-electron chi connectivity index (χ1n) is 9.35. The standard InChI is InChI=1S/C21H25ClN4O/c1-14-23-11-15(12-24-14)21(2,27)13-26-19-5-4-16(22)10-18(19)17-6-8-25(3)9-7-20(17)26/h4-5,10-12,27H,6-9,13H2,1-3H3. The van der Waals surface area contributed by atoms with Gasteiger partial charge < -0.3 is 14.6 Å². The van der Waals surface area contributed by atoms with Crippen LogP contribution in [0.1, 0.15) is 29.6 Å². The van der Waals surface area contributed by atoms with Crippen LogP contribution in [0, 0.1) is 6.92 Å². The molecule has 6 heteroatoms. The van der Waals surface area contributed by atoms with Gasteiger partial charge in [0.1, 0.15) is 11.4 Å². The van der Waals surface area contributed by atoms with Crippen molar-refractivity contribution in [2.75, 3.05) is 20.1 Å². The van der Waals surface area contributed by atoms with E-state index in [0.717, 1.165) is 42.0 Å². The van der Waals surface area contributed by atoms with Crippen LogP contribution < -0.4 is 0 Å². The molecule has 1 aromatic carbocycles. The van der Waals surface area contributed by atoms with Gasteiger partial charge in [0.15, 0.2) is 0 Å². The van der Waals surface area contributed by atoms with E-state index in [1.54, 1.807) is 12.4 Å². The third-order valence-corrected chi connectivity index (χ3v) is 5.83. The van der Waals surface area contributed by atoms with Crippen molar-refractivity contribution in [3.63, 3.8) is 0 Å². The monoisotopic (exact) mass is 384 g/mol. The van der Waals surface area contributed by atoms with Crippen LogP contribution in [0.4, 0.5) is 0 Å². The SMILES string of the molecule is Cc1ncc(C(C)(O)Cn2c3c(c4cc(Cl)ccc42)CCN(C)CC3)cn1. The van der Waals surface area contributed by atoms with Crippen LogP contribution in [0.2, 0.25) is 5.02 Å². The molecule has 142 valence electrons. The van der Waals surface area contributed by atoms with Crippen LogP contribution in [0.15, 0.2) is 30.6 Å². The number of fused-ring (bicyclic) bond motifs is 3. The molecule has 1 aliphatic rings. The van der Waals surface area contributed by atoms with Crippen LogP contribution in [-0.4, -0.2) is 44.7 Å². The molecule has 1 unspecified atom stereocenters. The van der Waals surface area contributed by atoms with E-state index in [2.05, 4.69) is 38.6 Å². The van der Waals surface area contributed by atoms with E-state index >= 15 is 0 Å². The topological polar surface area (TPSA) is 54.2 Å². The van der Waals surface area contributed by atoms with Crippen molar-refractivity contribution in [2.45, 2.75) is 38.8 Å². The predicted molar refractivity (Wildman–Crippen MR) is 108 cm³/mol. The van der Waals surface area contributed by atoms with Gasteiger partial charge in [-0.05, 0) is 51.1 Å². The number of aromatic nitrogens is 3. The fourth-order valence-corrected chi connectivity index (χ4v) is 4.15. The fraction of sp³-hybridized carbons (Fsp3) is 0.429. The van der Waals surface area contributed by atoms with Crippen LogP contribution in [0.3, 0.4) is 0 Å². The number of rotatable bonds is 3.